The minimum atomic E-state index is -0.110. The quantitative estimate of drug-likeness (QED) is 0.136. The van der Waals surface area contributed by atoms with Crippen LogP contribution in [-0.2, 0) is 13.2 Å². The van der Waals surface area contributed by atoms with Gasteiger partial charge < -0.3 is 19.7 Å². The molecule has 0 saturated carbocycles. The van der Waals surface area contributed by atoms with E-state index in [1.54, 1.807) is 22.7 Å². The van der Waals surface area contributed by atoms with Crippen LogP contribution in [0.4, 0.5) is 0 Å². The van der Waals surface area contributed by atoms with Gasteiger partial charge in [-0.25, -0.2) is 0 Å². The van der Waals surface area contributed by atoms with E-state index in [0.717, 1.165) is 97.7 Å². The monoisotopic (exact) mass is 1010 g/mol. The second kappa shape index (κ2) is 19.1. The predicted molar refractivity (Wildman–Crippen MR) is 319 cm³/mol. The molecule has 4 nitrogen and oxygen atoms in total. The van der Waals surface area contributed by atoms with Crippen molar-refractivity contribution in [1.29, 1.82) is 0 Å². The number of aliphatic hydroxyl groups is 2. The maximum atomic E-state index is 10.6. The highest BCUT2D eigenvalue weighted by molar-refractivity contribution is 7.26. The molecule has 0 spiro atoms. The highest BCUT2D eigenvalue weighted by Gasteiger charge is 2.25. The Morgan fingerprint density at radius 3 is 1.14 bits per heavy atom. The maximum Gasteiger partial charge on any atom is 0.136 e. The molecule has 0 saturated heterocycles. The van der Waals surface area contributed by atoms with Crippen molar-refractivity contribution >= 4 is 84.6 Å². The first-order chi connectivity index (χ1) is 37.6. The van der Waals surface area contributed by atoms with Gasteiger partial charge in [-0.1, -0.05) is 182 Å². The molecule has 14 aromatic rings. The van der Waals surface area contributed by atoms with Crippen molar-refractivity contribution in [3.05, 3.63) is 254 Å². The number of aliphatic hydroxyl groups excluding tert-OH is 2. The first-order valence-corrected chi connectivity index (χ1v) is 27.1. The normalized spacial score (nSPS) is 11.7. The van der Waals surface area contributed by atoms with Crippen molar-refractivity contribution < 1.29 is 19.7 Å². The molecule has 0 aliphatic rings. The van der Waals surface area contributed by atoms with Crippen LogP contribution in [0.5, 0.6) is 23.0 Å². The topological polar surface area (TPSA) is 58.9 Å². The van der Waals surface area contributed by atoms with Crippen molar-refractivity contribution in [3.8, 4) is 78.6 Å². The SMILES string of the molecule is OCc1ccc(Oc2ccc3cc(-c4ccccc4)ccc3c2-c2c(Oc3ccc(CO)cc3-c3cccc4c3sc3ccccc34)ccc3cc(-c4ccccc4)ccc23)c(-c2cccc3c2sc2ccccc23)c1. The molecule has 2 N–H and O–H groups in total. The Balaban J connectivity index is 1.02. The lowest BCUT2D eigenvalue weighted by atomic mass is 9.89. The molecular weight excluding hydrogens is 969 g/mol. The standard InChI is InChI=1S/C70H46O4S2/c71-41-43-25-33-61(59(37-43)57-21-11-19-55-53-17-7-9-23-65(53)75-69(55)57)73-63-35-29-49-39-47(45-13-3-1-4-14-45)27-31-51(49)67(63)68-52-32-28-48(46-15-5-2-6-16-46)40-50(52)30-36-64(68)74-62-34-26-44(42-72)38-60(62)58-22-12-20-56-54-18-8-10-24-66(54)76-70(56)58/h1-40,71-72H,41-42H2. The Morgan fingerprint density at radius 1 is 0.289 bits per heavy atom. The smallest absolute Gasteiger partial charge is 0.136 e. The first-order valence-electron chi connectivity index (χ1n) is 25.5. The summed E-state index contributed by atoms with van der Waals surface area (Å²) in [7, 11) is 0. The number of hydrogen-bond acceptors (Lipinski definition) is 6. The van der Waals surface area contributed by atoms with Crippen LogP contribution in [0.1, 0.15) is 11.1 Å². The van der Waals surface area contributed by atoms with Gasteiger partial charge in [-0.2, -0.15) is 0 Å². The average molecular weight is 1020 g/mol. The van der Waals surface area contributed by atoms with Crippen molar-refractivity contribution in [3.63, 3.8) is 0 Å². The van der Waals surface area contributed by atoms with Gasteiger partial charge in [0.05, 0.1) is 13.2 Å². The van der Waals surface area contributed by atoms with Gasteiger partial charge in [0.25, 0.3) is 0 Å². The van der Waals surface area contributed by atoms with Crippen LogP contribution in [0, 0.1) is 0 Å². The number of ether oxygens (including phenoxy) is 2. The van der Waals surface area contributed by atoms with Crippen LogP contribution < -0.4 is 9.47 Å². The number of benzene rings is 12. The fraction of sp³-hybridized carbons (Fsp3) is 0.0286. The summed E-state index contributed by atoms with van der Waals surface area (Å²) in [5, 5.41) is 30.1. The molecule has 2 aromatic heterocycles. The lowest BCUT2D eigenvalue weighted by molar-refractivity contribution is 0.281. The molecule has 2 heterocycles. The molecule has 0 aliphatic heterocycles. The van der Waals surface area contributed by atoms with Crippen LogP contribution in [0.15, 0.2) is 243 Å². The van der Waals surface area contributed by atoms with E-state index in [0.29, 0.717) is 23.0 Å². The molecule has 76 heavy (non-hydrogen) atoms. The van der Waals surface area contributed by atoms with E-state index < -0.39 is 0 Å². The Hall–Kier alpha value is -8.88. The zero-order valence-electron chi connectivity index (χ0n) is 41.0. The van der Waals surface area contributed by atoms with E-state index in [1.165, 1.54) is 30.9 Å². The van der Waals surface area contributed by atoms with Gasteiger partial charge in [0.2, 0.25) is 0 Å². The molecule has 0 bridgehead atoms. The molecule has 6 heteroatoms. The average Bonchev–Trinajstić information content (AvgIpc) is 4.13. The first kappa shape index (κ1) is 45.7. The van der Waals surface area contributed by atoms with Gasteiger partial charge >= 0.3 is 0 Å². The molecule has 0 unspecified atom stereocenters. The largest absolute Gasteiger partial charge is 0.456 e. The van der Waals surface area contributed by atoms with E-state index in [2.05, 4.69) is 206 Å². The Labute approximate surface area is 447 Å². The highest BCUT2D eigenvalue weighted by atomic mass is 32.1. The van der Waals surface area contributed by atoms with E-state index in [-0.39, 0.29) is 13.2 Å². The van der Waals surface area contributed by atoms with Crippen LogP contribution in [0.3, 0.4) is 0 Å². The molecule has 0 radical (unpaired) electrons. The molecular formula is C70H46O4S2. The number of thiophene rings is 2. The fourth-order valence-corrected chi connectivity index (χ4v) is 13.5. The Bertz CT molecular complexity index is 4260. The summed E-state index contributed by atoms with van der Waals surface area (Å²) in [6, 6.07) is 84.9. The maximum absolute atomic E-state index is 10.6. The lowest BCUT2D eigenvalue weighted by Crippen LogP contribution is -1.98. The van der Waals surface area contributed by atoms with Gasteiger partial charge in [-0.05, 0) is 116 Å². The predicted octanol–water partition coefficient (Wildman–Crippen LogP) is 19.6. The third-order valence-corrected chi connectivity index (χ3v) is 17.1. The van der Waals surface area contributed by atoms with Gasteiger partial charge in [-0.15, -0.1) is 22.7 Å². The van der Waals surface area contributed by atoms with Gasteiger partial charge in [0, 0.05) is 73.7 Å². The molecule has 0 aliphatic carbocycles. The summed E-state index contributed by atoms with van der Waals surface area (Å²) in [5.74, 6) is 2.63. The van der Waals surface area contributed by atoms with Crippen molar-refractivity contribution in [2.24, 2.45) is 0 Å². The fourth-order valence-electron chi connectivity index (χ4n) is 11.0. The molecule has 14 rings (SSSR count). The molecule has 12 aromatic carbocycles. The third-order valence-electron chi connectivity index (χ3n) is 14.7. The minimum absolute atomic E-state index is 0.110. The summed E-state index contributed by atoms with van der Waals surface area (Å²) in [6.45, 7) is -0.220. The summed E-state index contributed by atoms with van der Waals surface area (Å²) in [4.78, 5) is 0. The third kappa shape index (κ3) is 7.98. The Morgan fingerprint density at radius 2 is 0.697 bits per heavy atom. The van der Waals surface area contributed by atoms with Crippen LogP contribution in [0.2, 0.25) is 0 Å². The number of rotatable bonds is 11. The number of fused-ring (bicyclic) bond motifs is 8. The van der Waals surface area contributed by atoms with Crippen molar-refractivity contribution in [2.45, 2.75) is 13.2 Å². The Kier molecular flexibility index (Phi) is 11.5. The molecule has 0 amide bonds. The van der Waals surface area contributed by atoms with Crippen molar-refractivity contribution in [2.75, 3.05) is 0 Å². The van der Waals surface area contributed by atoms with E-state index in [4.69, 9.17) is 9.47 Å². The summed E-state index contributed by atoms with van der Waals surface area (Å²) in [5.41, 5.74) is 11.7. The number of hydrogen-bond donors (Lipinski definition) is 2. The second-order valence-electron chi connectivity index (χ2n) is 19.2. The highest BCUT2D eigenvalue weighted by Crippen LogP contribution is 2.52. The van der Waals surface area contributed by atoms with E-state index >= 15 is 0 Å². The summed E-state index contributed by atoms with van der Waals surface area (Å²) in [6.07, 6.45) is 0. The lowest BCUT2D eigenvalue weighted by Gasteiger charge is -2.22. The van der Waals surface area contributed by atoms with Crippen LogP contribution in [-0.4, -0.2) is 10.2 Å². The second-order valence-corrected chi connectivity index (χ2v) is 21.3. The molecule has 362 valence electrons. The van der Waals surface area contributed by atoms with Crippen LogP contribution >= 0.6 is 22.7 Å². The summed E-state index contributed by atoms with van der Waals surface area (Å²) < 4.78 is 19.7. The van der Waals surface area contributed by atoms with Gasteiger partial charge in [0.1, 0.15) is 23.0 Å². The van der Waals surface area contributed by atoms with E-state index in [9.17, 15) is 10.2 Å². The van der Waals surface area contributed by atoms with E-state index in [1.807, 2.05) is 36.4 Å². The minimum Gasteiger partial charge on any atom is -0.456 e. The van der Waals surface area contributed by atoms with Crippen LogP contribution in [0.25, 0.3) is 118 Å². The zero-order valence-corrected chi connectivity index (χ0v) is 42.7. The van der Waals surface area contributed by atoms with Crippen molar-refractivity contribution in [1.82, 2.24) is 0 Å². The molecule has 0 fully saturated rings. The summed E-state index contributed by atoms with van der Waals surface area (Å²) >= 11 is 3.54. The molecule has 0 atom stereocenters. The van der Waals surface area contributed by atoms with Gasteiger partial charge in [-0.3, -0.25) is 0 Å². The van der Waals surface area contributed by atoms with Gasteiger partial charge in [0.15, 0.2) is 0 Å². The zero-order chi connectivity index (χ0) is 50.7.